The molecule has 0 radical (unpaired) electrons. The Hall–Kier alpha value is -0.540. The van der Waals surface area contributed by atoms with Crippen molar-refractivity contribution in [2.75, 3.05) is 11.9 Å². The van der Waals surface area contributed by atoms with Crippen molar-refractivity contribution in [2.45, 2.75) is 6.92 Å². The zero-order valence-electron chi connectivity index (χ0n) is 8.47. The van der Waals surface area contributed by atoms with E-state index in [9.17, 15) is 4.79 Å². The minimum Gasteiger partial charge on any atom is -0.352 e. The number of alkyl halides is 1. The van der Waals surface area contributed by atoms with Gasteiger partial charge in [0, 0.05) is 11.9 Å². The second-order valence-corrected chi connectivity index (χ2v) is 4.50. The van der Waals surface area contributed by atoms with E-state index in [0.717, 1.165) is 5.33 Å². The number of amides is 1. The van der Waals surface area contributed by atoms with E-state index >= 15 is 0 Å². The molecule has 0 aliphatic carbocycles. The molecule has 1 aromatic carbocycles. The minimum atomic E-state index is -0.117. The lowest BCUT2D eigenvalue weighted by Gasteiger charge is -2.10. The highest BCUT2D eigenvalue weighted by Gasteiger charge is 2.09. The summed E-state index contributed by atoms with van der Waals surface area (Å²) in [6.07, 6.45) is 0. The first-order valence-corrected chi connectivity index (χ1v) is 6.23. The number of hydrogen-bond acceptors (Lipinski definition) is 1. The Kier molecular flexibility index (Phi) is 5.12. The molecule has 1 unspecified atom stereocenters. The van der Waals surface area contributed by atoms with Crippen LogP contribution < -0.4 is 5.32 Å². The molecule has 1 amide bonds. The van der Waals surface area contributed by atoms with Crippen LogP contribution in [0.2, 0.25) is 5.02 Å². The number of carbonyl (C=O) groups is 1. The molecule has 4 heteroatoms. The zero-order valence-corrected chi connectivity index (χ0v) is 10.8. The van der Waals surface area contributed by atoms with Gasteiger partial charge in [-0.25, -0.2) is 0 Å². The van der Waals surface area contributed by atoms with Crippen LogP contribution in [0.1, 0.15) is 17.3 Å². The first-order valence-electron chi connectivity index (χ1n) is 4.74. The summed E-state index contributed by atoms with van der Waals surface area (Å²) in [4.78, 5) is 11.7. The second kappa shape index (κ2) is 6.13. The molecule has 0 aromatic heterocycles. The summed E-state index contributed by atoms with van der Waals surface area (Å²) in [7, 11) is 0. The maximum Gasteiger partial charge on any atom is 0.252 e. The molecule has 0 fully saturated rings. The van der Waals surface area contributed by atoms with Crippen molar-refractivity contribution in [1.82, 2.24) is 5.32 Å². The number of benzene rings is 1. The van der Waals surface area contributed by atoms with Crippen molar-refractivity contribution in [3.8, 4) is 0 Å². The van der Waals surface area contributed by atoms with Crippen LogP contribution in [0.3, 0.4) is 0 Å². The molecule has 15 heavy (non-hydrogen) atoms. The minimum absolute atomic E-state index is 0.117. The van der Waals surface area contributed by atoms with Crippen molar-refractivity contribution >= 4 is 33.4 Å². The fourth-order valence-corrected chi connectivity index (χ4v) is 1.51. The molecule has 1 rings (SSSR count). The van der Waals surface area contributed by atoms with Crippen LogP contribution in [0.25, 0.3) is 0 Å². The topological polar surface area (TPSA) is 29.1 Å². The van der Waals surface area contributed by atoms with Gasteiger partial charge in [-0.3, -0.25) is 4.79 Å². The predicted octanol–water partition coefficient (Wildman–Crippen LogP) is 3.10. The van der Waals surface area contributed by atoms with Crippen LogP contribution in [0.4, 0.5) is 0 Å². The Balaban J connectivity index is 2.58. The monoisotopic (exact) mass is 289 g/mol. The van der Waals surface area contributed by atoms with Crippen LogP contribution in [0, 0.1) is 5.92 Å². The van der Waals surface area contributed by atoms with Gasteiger partial charge in [0.2, 0.25) is 0 Å². The van der Waals surface area contributed by atoms with E-state index < -0.39 is 0 Å². The summed E-state index contributed by atoms with van der Waals surface area (Å²) in [5, 5.41) is 4.20. The third-order valence-corrected chi connectivity index (χ3v) is 3.43. The molecular formula is C11H13BrClNO. The van der Waals surface area contributed by atoms with Crippen molar-refractivity contribution in [3.63, 3.8) is 0 Å². The third-order valence-electron chi connectivity index (χ3n) is 1.99. The quantitative estimate of drug-likeness (QED) is 0.848. The van der Waals surface area contributed by atoms with Gasteiger partial charge in [0.15, 0.2) is 0 Å². The molecule has 0 saturated carbocycles. The van der Waals surface area contributed by atoms with E-state index in [1.165, 1.54) is 0 Å². The highest BCUT2D eigenvalue weighted by Crippen LogP contribution is 2.14. The molecule has 0 aliphatic heterocycles. The maximum atomic E-state index is 11.7. The van der Waals surface area contributed by atoms with Gasteiger partial charge in [0.1, 0.15) is 0 Å². The maximum absolute atomic E-state index is 11.7. The standard InChI is InChI=1S/C11H13BrClNO/c1-8(6-12)7-14-11(15)9-4-2-3-5-10(9)13/h2-5,8H,6-7H2,1H3,(H,14,15). The molecule has 82 valence electrons. The third kappa shape index (κ3) is 3.84. The van der Waals surface area contributed by atoms with E-state index in [-0.39, 0.29) is 5.91 Å². The average molecular weight is 291 g/mol. The van der Waals surface area contributed by atoms with Gasteiger partial charge in [0.25, 0.3) is 5.91 Å². The number of hydrogen-bond donors (Lipinski definition) is 1. The predicted molar refractivity (Wildman–Crippen MR) is 66.7 cm³/mol. The fraction of sp³-hybridized carbons (Fsp3) is 0.364. The van der Waals surface area contributed by atoms with Crippen molar-refractivity contribution in [3.05, 3.63) is 34.9 Å². The Morgan fingerprint density at radius 3 is 2.80 bits per heavy atom. The van der Waals surface area contributed by atoms with Gasteiger partial charge in [-0.2, -0.15) is 0 Å². The van der Waals surface area contributed by atoms with Gasteiger partial charge >= 0.3 is 0 Å². The Morgan fingerprint density at radius 1 is 1.53 bits per heavy atom. The SMILES string of the molecule is CC(CBr)CNC(=O)c1ccccc1Cl. The Labute approximate surface area is 103 Å². The van der Waals surface area contributed by atoms with Gasteiger partial charge in [-0.05, 0) is 18.1 Å². The van der Waals surface area contributed by atoms with Crippen LogP contribution in [-0.4, -0.2) is 17.8 Å². The van der Waals surface area contributed by atoms with E-state index in [0.29, 0.717) is 23.0 Å². The van der Waals surface area contributed by atoms with Gasteiger partial charge in [-0.15, -0.1) is 0 Å². The first kappa shape index (κ1) is 12.5. The number of halogens is 2. The molecule has 2 nitrogen and oxygen atoms in total. The molecule has 0 saturated heterocycles. The van der Waals surface area contributed by atoms with Crippen molar-refractivity contribution in [1.29, 1.82) is 0 Å². The van der Waals surface area contributed by atoms with Crippen molar-refractivity contribution in [2.24, 2.45) is 5.92 Å². The summed E-state index contributed by atoms with van der Waals surface area (Å²) in [5.74, 6) is 0.296. The largest absolute Gasteiger partial charge is 0.352 e. The lowest BCUT2D eigenvalue weighted by Crippen LogP contribution is -2.28. The van der Waals surface area contributed by atoms with Crippen LogP contribution in [-0.2, 0) is 0 Å². The molecule has 0 bridgehead atoms. The molecular weight excluding hydrogens is 277 g/mol. The summed E-state index contributed by atoms with van der Waals surface area (Å²) in [5.41, 5.74) is 0.529. The number of rotatable bonds is 4. The molecule has 1 aromatic rings. The lowest BCUT2D eigenvalue weighted by atomic mass is 10.2. The fourth-order valence-electron chi connectivity index (χ4n) is 1.06. The lowest BCUT2D eigenvalue weighted by molar-refractivity contribution is 0.0949. The first-order chi connectivity index (χ1) is 7.15. The van der Waals surface area contributed by atoms with Gasteiger partial charge in [0.05, 0.1) is 10.6 Å². The summed E-state index contributed by atoms with van der Waals surface area (Å²) in [6.45, 7) is 2.71. The van der Waals surface area contributed by atoms with Gasteiger partial charge in [-0.1, -0.05) is 46.6 Å². The van der Waals surface area contributed by atoms with Crippen LogP contribution in [0.5, 0.6) is 0 Å². The van der Waals surface area contributed by atoms with E-state index in [1.807, 2.05) is 0 Å². The number of carbonyl (C=O) groups excluding carboxylic acids is 1. The summed E-state index contributed by atoms with van der Waals surface area (Å²) < 4.78 is 0. The van der Waals surface area contributed by atoms with E-state index in [2.05, 4.69) is 28.2 Å². The van der Waals surface area contributed by atoms with Crippen LogP contribution in [0.15, 0.2) is 24.3 Å². The highest BCUT2D eigenvalue weighted by molar-refractivity contribution is 9.09. The van der Waals surface area contributed by atoms with E-state index in [4.69, 9.17) is 11.6 Å². The molecule has 0 spiro atoms. The number of nitrogens with one attached hydrogen (secondary N) is 1. The smallest absolute Gasteiger partial charge is 0.252 e. The molecule has 0 aliphatic rings. The summed E-state index contributed by atoms with van der Waals surface area (Å²) in [6, 6.07) is 7.04. The average Bonchev–Trinajstić information content (AvgIpc) is 2.26. The summed E-state index contributed by atoms with van der Waals surface area (Å²) >= 11 is 9.26. The second-order valence-electron chi connectivity index (χ2n) is 3.45. The van der Waals surface area contributed by atoms with Crippen LogP contribution >= 0.6 is 27.5 Å². The Morgan fingerprint density at radius 2 is 2.20 bits per heavy atom. The molecule has 1 atom stereocenters. The van der Waals surface area contributed by atoms with E-state index in [1.54, 1.807) is 24.3 Å². The van der Waals surface area contributed by atoms with Gasteiger partial charge < -0.3 is 5.32 Å². The normalized spacial score (nSPS) is 12.2. The Bertz CT molecular complexity index is 343. The van der Waals surface area contributed by atoms with Crippen molar-refractivity contribution < 1.29 is 4.79 Å². The molecule has 0 heterocycles. The zero-order chi connectivity index (χ0) is 11.3. The molecule has 1 N–H and O–H groups in total. The highest BCUT2D eigenvalue weighted by atomic mass is 79.9.